The summed E-state index contributed by atoms with van der Waals surface area (Å²) in [6.07, 6.45) is 5.07. The summed E-state index contributed by atoms with van der Waals surface area (Å²) < 4.78 is 7.28. The molecule has 1 aliphatic heterocycles. The fourth-order valence-electron chi connectivity index (χ4n) is 3.74. The van der Waals surface area contributed by atoms with Crippen LogP contribution in [0.15, 0.2) is 18.5 Å². The number of rotatable bonds is 8. The topological polar surface area (TPSA) is 127 Å². The Morgan fingerprint density at radius 1 is 1.26 bits per heavy atom. The third-order valence-electron chi connectivity index (χ3n) is 5.50. The molecule has 0 spiro atoms. The van der Waals surface area contributed by atoms with Crippen LogP contribution in [0, 0.1) is 6.92 Å². The minimum absolute atomic E-state index is 0.177. The van der Waals surface area contributed by atoms with Crippen LogP contribution in [0.5, 0.6) is 6.01 Å². The maximum Gasteiger partial charge on any atom is 0.336 e. The van der Waals surface area contributed by atoms with Gasteiger partial charge in [0, 0.05) is 45.2 Å². The first-order chi connectivity index (χ1) is 15.0. The number of imidazole rings is 1. The van der Waals surface area contributed by atoms with E-state index >= 15 is 0 Å². The lowest BCUT2D eigenvalue weighted by Gasteiger charge is -2.29. The molecule has 0 aliphatic carbocycles. The van der Waals surface area contributed by atoms with Crippen LogP contribution in [-0.2, 0) is 6.42 Å². The Morgan fingerprint density at radius 2 is 2.06 bits per heavy atom. The molecule has 166 valence electrons. The molecule has 3 aromatic rings. The van der Waals surface area contributed by atoms with Gasteiger partial charge in [-0.15, -0.1) is 5.10 Å². The van der Waals surface area contributed by atoms with Gasteiger partial charge in [0.25, 0.3) is 0 Å². The van der Waals surface area contributed by atoms with Crippen molar-refractivity contribution in [2.45, 2.75) is 39.2 Å². The Hall–Kier alpha value is -2.98. The Balaban J connectivity index is 1.52. The third kappa shape index (κ3) is 4.86. The van der Waals surface area contributed by atoms with E-state index in [2.05, 4.69) is 38.3 Å². The zero-order valence-corrected chi connectivity index (χ0v) is 18.1. The summed E-state index contributed by atoms with van der Waals surface area (Å²) in [6, 6.07) is 2.34. The highest BCUT2D eigenvalue weighted by atomic mass is 16.5. The molecule has 10 nitrogen and oxygen atoms in total. The second kappa shape index (κ2) is 9.44. The average molecular weight is 427 g/mol. The summed E-state index contributed by atoms with van der Waals surface area (Å²) in [5.74, 6) is 1.30. The number of piperazine rings is 1. The highest BCUT2D eigenvalue weighted by Crippen LogP contribution is 2.21. The zero-order valence-electron chi connectivity index (χ0n) is 18.1. The van der Waals surface area contributed by atoms with E-state index in [1.165, 1.54) is 0 Å². The predicted molar refractivity (Wildman–Crippen MR) is 118 cm³/mol. The molecule has 1 aliphatic rings. The molecule has 1 saturated heterocycles. The fourth-order valence-corrected chi connectivity index (χ4v) is 3.74. The molecule has 4 rings (SSSR count). The number of nitrogen functional groups attached to an aromatic ring is 1. The number of nitrogens with one attached hydrogen (secondary N) is 1. The minimum atomic E-state index is -0.398. The Bertz CT molecular complexity index is 1030. The number of fused-ring (bicyclic) bond motifs is 1. The van der Waals surface area contributed by atoms with Crippen molar-refractivity contribution in [1.29, 1.82) is 0 Å². The highest BCUT2D eigenvalue weighted by Gasteiger charge is 2.16. The van der Waals surface area contributed by atoms with Crippen molar-refractivity contribution in [2.75, 3.05) is 43.4 Å². The average Bonchev–Trinajstić information content (AvgIpc) is 3.17. The van der Waals surface area contributed by atoms with Crippen LogP contribution < -0.4 is 20.7 Å². The molecular formula is C21H30N8O2. The zero-order chi connectivity index (χ0) is 21.8. The molecule has 1 fully saturated rings. The molecule has 31 heavy (non-hydrogen) atoms. The van der Waals surface area contributed by atoms with Crippen LogP contribution in [0.25, 0.3) is 5.65 Å². The van der Waals surface area contributed by atoms with Crippen molar-refractivity contribution < 1.29 is 9.84 Å². The molecule has 0 amide bonds. The van der Waals surface area contributed by atoms with Gasteiger partial charge >= 0.3 is 6.01 Å². The maximum absolute atomic E-state index is 9.69. The van der Waals surface area contributed by atoms with Crippen LogP contribution in [-0.4, -0.2) is 68.6 Å². The molecule has 4 N–H and O–H groups in total. The van der Waals surface area contributed by atoms with Gasteiger partial charge in [0.1, 0.15) is 5.82 Å². The molecule has 0 saturated carbocycles. The number of aryl methyl sites for hydroxylation is 1. The summed E-state index contributed by atoms with van der Waals surface area (Å²) in [5.41, 5.74) is 9.66. The Morgan fingerprint density at radius 3 is 2.81 bits per heavy atom. The summed E-state index contributed by atoms with van der Waals surface area (Å²) >= 11 is 0. The van der Waals surface area contributed by atoms with Gasteiger partial charge in [-0.1, -0.05) is 13.0 Å². The number of aliphatic hydroxyl groups is 1. The number of pyridine rings is 1. The smallest absolute Gasteiger partial charge is 0.336 e. The van der Waals surface area contributed by atoms with Crippen molar-refractivity contribution >= 4 is 17.3 Å². The van der Waals surface area contributed by atoms with Crippen LogP contribution >= 0.6 is 0 Å². The summed E-state index contributed by atoms with van der Waals surface area (Å²) in [4.78, 5) is 15.6. The van der Waals surface area contributed by atoms with E-state index in [-0.39, 0.29) is 11.8 Å². The quantitative estimate of drug-likeness (QED) is 0.482. The van der Waals surface area contributed by atoms with Gasteiger partial charge < -0.3 is 25.8 Å². The Kier molecular flexibility index (Phi) is 6.47. The van der Waals surface area contributed by atoms with Gasteiger partial charge in [0.2, 0.25) is 0 Å². The third-order valence-corrected chi connectivity index (χ3v) is 5.50. The van der Waals surface area contributed by atoms with Crippen molar-refractivity contribution in [1.82, 2.24) is 29.9 Å². The lowest BCUT2D eigenvalue weighted by atomic mass is 10.1. The molecular weight excluding hydrogens is 396 g/mol. The number of ether oxygens (including phenoxy) is 1. The van der Waals surface area contributed by atoms with Gasteiger partial charge in [-0.05, 0) is 24.5 Å². The van der Waals surface area contributed by atoms with E-state index in [0.717, 1.165) is 48.8 Å². The molecule has 0 aromatic carbocycles. The second-order valence-corrected chi connectivity index (χ2v) is 7.86. The van der Waals surface area contributed by atoms with Gasteiger partial charge in [-0.2, -0.15) is 4.98 Å². The maximum atomic E-state index is 9.69. The summed E-state index contributed by atoms with van der Waals surface area (Å²) in [6.45, 7) is 8.24. The predicted octanol–water partition coefficient (Wildman–Crippen LogP) is 0.950. The van der Waals surface area contributed by atoms with Crippen molar-refractivity contribution in [3.8, 4) is 6.01 Å². The summed E-state index contributed by atoms with van der Waals surface area (Å²) in [5, 5.41) is 17.5. The van der Waals surface area contributed by atoms with E-state index in [1.807, 2.05) is 13.1 Å². The van der Waals surface area contributed by atoms with E-state index in [0.29, 0.717) is 31.5 Å². The van der Waals surface area contributed by atoms with Gasteiger partial charge in [-0.3, -0.25) is 0 Å². The molecule has 3 aromatic heterocycles. The van der Waals surface area contributed by atoms with Gasteiger partial charge in [0.05, 0.1) is 24.6 Å². The first-order valence-electron chi connectivity index (χ1n) is 10.8. The number of aliphatic hydroxyl groups excluding tert-OH is 1. The van der Waals surface area contributed by atoms with E-state index in [9.17, 15) is 5.11 Å². The van der Waals surface area contributed by atoms with E-state index in [4.69, 9.17) is 15.5 Å². The standard InChI is InChI=1S/C21H30N8O2/c1-3-17(30)4-9-31-21-26-18(22)20-25-13-16(29(20)27-21)11-15-10-14(2)19(24-12-15)28-7-5-23-6-8-28/h10,12-13,17,23,30H,3-9,11H2,1-2H3,(H2,22,26,27). The van der Waals surface area contributed by atoms with Crippen LogP contribution in [0.3, 0.4) is 0 Å². The molecule has 0 bridgehead atoms. The van der Waals surface area contributed by atoms with Crippen LogP contribution in [0.1, 0.15) is 36.6 Å². The van der Waals surface area contributed by atoms with Gasteiger partial charge in [0.15, 0.2) is 11.5 Å². The highest BCUT2D eigenvalue weighted by molar-refractivity contribution is 5.60. The lowest BCUT2D eigenvalue weighted by molar-refractivity contribution is 0.132. The van der Waals surface area contributed by atoms with Crippen LogP contribution in [0.4, 0.5) is 11.6 Å². The van der Waals surface area contributed by atoms with E-state index < -0.39 is 6.10 Å². The molecule has 0 radical (unpaired) electrons. The second-order valence-electron chi connectivity index (χ2n) is 7.86. The number of anilines is 2. The molecule has 1 unspecified atom stereocenters. The van der Waals surface area contributed by atoms with E-state index in [1.54, 1.807) is 10.7 Å². The number of hydrogen-bond acceptors (Lipinski definition) is 9. The summed E-state index contributed by atoms with van der Waals surface area (Å²) in [7, 11) is 0. The van der Waals surface area contributed by atoms with Crippen LogP contribution in [0.2, 0.25) is 0 Å². The lowest BCUT2D eigenvalue weighted by Crippen LogP contribution is -2.44. The Labute approximate surface area is 181 Å². The normalized spacial score (nSPS) is 15.4. The van der Waals surface area contributed by atoms with Crippen molar-refractivity contribution in [3.05, 3.63) is 35.3 Å². The monoisotopic (exact) mass is 426 g/mol. The van der Waals surface area contributed by atoms with Crippen molar-refractivity contribution in [2.24, 2.45) is 0 Å². The molecule has 1 atom stereocenters. The number of hydrogen-bond donors (Lipinski definition) is 3. The van der Waals surface area contributed by atoms with Gasteiger partial charge in [-0.25, -0.2) is 14.5 Å². The first-order valence-corrected chi connectivity index (χ1v) is 10.8. The molecule has 4 heterocycles. The number of nitrogens with two attached hydrogens (primary N) is 1. The largest absolute Gasteiger partial charge is 0.462 e. The SMILES string of the molecule is CCC(O)CCOc1nc(N)c2ncc(Cc3cnc(N4CCNCC4)c(C)c3)n2n1. The molecule has 10 heteroatoms. The number of nitrogens with zero attached hydrogens (tertiary/aromatic N) is 6. The minimum Gasteiger partial charge on any atom is -0.462 e. The fraction of sp³-hybridized carbons (Fsp3) is 0.524. The first kappa shape index (κ1) is 21.3. The number of aromatic nitrogens is 5. The van der Waals surface area contributed by atoms with Crippen molar-refractivity contribution in [3.63, 3.8) is 0 Å².